The van der Waals surface area contributed by atoms with E-state index in [1.54, 1.807) is 0 Å². The van der Waals surface area contributed by atoms with Crippen LogP contribution in [-0.2, 0) is 0 Å². The maximum Gasteiger partial charge on any atom is 0.0897 e. The van der Waals surface area contributed by atoms with Gasteiger partial charge in [-0.3, -0.25) is 4.39 Å². The van der Waals surface area contributed by atoms with Gasteiger partial charge in [0.05, 0.1) is 6.67 Å². The molecule has 0 bridgehead atoms. The van der Waals surface area contributed by atoms with Crippen molar-refractivity contribution < 1.29 is 4.39 Å². The van der Waals surface area contributed by atoms with Crippen molar-refractivity contribution in [2.45, 2.75) is 97.3 Å². The van der Waals surface area contributed by atoms with Gasteiger partial charge in [0.15, 0.2) is 0 Å². The fourth-order valence-corrected chi connectivity index (χ4v) is 2.66. The molecule has 0 nitrogen and oxygen atoms in total. The highest BCUT2D eigenvalue weighted by Crippen LogP contribution is 2.21. The molecule has 0 aliphatic carbocycles. The number of hydrogen-bond donors (Lipinski definition) is 0. The Balaban J connectivity index is 3.45. The van der Waals surface area contributed by atoms with E-state index < -0.39 is 0 Å². The summed E-state index contributed by atoms with van der Waals surface area (Å²) in [6.45, 7) is 4.39. The van der Waals surface area contributed by atoms with Crippen LogP contribution in [0.15, 0.2) is 0 Å². The third-order valence-corrected chi connectivity index (χ3v) is 3.95. The molecule has 0 saturated carbocycles. The molecule has 0 aliphatic rings. The van der Waals surface area contributed by atoms with E-state index in [-0.39, 0.29) is 6.67 Å². The Bertz CT molecular complexity index is 131. The normalized spacial score (nSPS) is 11.3. The highest BCUT2D eigenvalue weighted by atomic mass is 19.1. The molecule has 1 heteroatoms. The molecular formula is C17H35F. The molecule has 0 rings (SSSR count). The van der Waals surface area contributed by atoms with E-state index in [4.69, 9.17) is 0 Å². The number of rotatable bonds is 14. The van der Waals surface area contributed by atoms with Gasteiger partial charge in [-0.25, -0.2) is 0 Å². The molecule has 0 N–H and O–H groups in total. The summed E-state index contributed by atoms with van der Waals surface area (Å²) in [4.78, 5) is 0. The minimum Gasteiger partial charge on any atom is -0.251 e. The number of halogens is 1. The van der Waals surface area contributed by atoms with Crippen molar-refractivity contribution in [1.82, 2.24) is 0 Å². The van der Waals surface area contributed by atoms with Crippen molar-refractivity contribution in [2.75, 3.05) is 6.67 Å². The Morgan fingerprint density at radius 1 is 0.611 bits per heavy atom. The van der Waals surface area contributed by atoms with Crippen molar-refractivity contribution in [2.24, 2.45) is 5.92 Å². The molecule has 0 spiro atoms. The molecule has 0 aliphatic heterocycles. The van der Waals surface area contributed by atoms with Crippen LogP contribution in [0.2, 0.25) is 0 Å². The van der Waals surface area contributed by atoms with E-state index in [0.29, 0.717) is 5.92 Å². The summed E-state index contributed by atoms with van der Waals surface area (Å²) in [5, 5.41) is 0. The molecule has 0 radical (unpaired) electrons. The first-order valence-electron chi connectivity index (χ1n) is 8.41. The van der Waals surface area contributed by atoms with Gasteiger partial charge >= 0.3 is 0 Å². The second-order valence-electron chi connectivity index (χ2n) is 5.75. The maximum atomic E-state index is 12.5. The van der Waals surface area contributed by atoms with Crippen LogP contribution in [0.3, 0.4) is 0 Å². The van der Waals surface area contributed by atoms with Crippen LogP contribution in [0.4, 0.5) is 4.39 Å². The summed E-state index contributed by atoms with van der Waals surface area (Å²) in [7, 11) is 0. The maximum absolute atomic E-state index is 12.5. The molecule has 18 heavy (non-hydrogen) atoms. The SMILES string of the molecule is CCCCCCCC(CCF)CCCCCCC. The van der Waals surface area contributed by atoms with E-state index in [0.717, 1.165) is 6.42 Å². The van der Waals surface area contributed by atoms with E-state index >= 15 is 0 Å². The van der Waals surface area contributed by atoms with Crippen LogP contribution < -0.4 is 0 Å². The minimum atomic E-state index is -0.116. The average molecular weight is 258 g/mol. The predicted molar refractivity (Wildman–Crippen MR) is 80.8 cm³/mol. The van der Waals surface area contributed by atoms with Crippen molar-refractivity contribution in [3.8, 4) is 0 Å². The lowest BCUT2D eigenvalue weighted by molar-refractivity contribution is 0.333. The fraction of sp³-hybridized carbons (Fsp3) is 1.00. The van der Waals surface area contributed by atoms with Gasteiger partial charge in [0.1, 0.15) is 0 Å². The van der Waals surface area contributed by atoms with Crippen molar-refractivity contribution in [3.05, 3.63) is 0 Å². The summed E-state index contributed by atoms with van der Waals surface area (Å²) in [6, 6.07) is 0. The molecular weight excluding hydrogens is 223 g/mol. The second kappa shape index (κ2) is 15.0. The third kappa shape index (κ3) is 12.4. The van der Waals surface area contributed by atoms with Crippen molar-refractivity contribution in [1.29, 1.82) is 0 Å². The molecule has 0 fully saturated rings. The summed E-state index contributed by atoms with van der Waals surface area (Å²) in [6.07, 6.45) is 16.8. The Kier molecular flexibility index (Phi) is 14.9. The van der Waals surface area contributed by atoms with Crippen LogP contribution in [0, 0.1) is 5.92 Å². The van der Waals surface area contributed by atoms with Gasteiger partial charge in [-0.15, -0.1) is 0 Å². The van der Waals surface area contributed by atoms with Gasteiger partial charge < -0.3 is 0 Å². The van der Waals surface area contributed by atoms with Crippen LogP contribution >= 0.6 is 0 Å². The van der Waals surface area contributed by atoms with Crippen molar-refractivity contribution in [3.63, 3.8) is 0 Å². The first-order chi connectivity index (χ1) is 8.85. The third-order valence-electron chi connectivity index (χ3n) is 3.95. The fourth-order valence-electron chi connectivity index (χ4n) is 2.66. The zero-order valence-corrected chi connectivity index (χ0v) is 12.9. The first kappa shape index (κ1) is 17.9. The highest BCUT2D eigenvalue weighted by Gasteiger charge is 2.08. The highest BCUT2D eigenvalue weighted by molar-refractivity contribution is 4.60. The lowest BCUT2D eigenvalue weighted by Crippen LogP contribution is -2.02. The smallest absolute Gasteiger partial charge is 0.0897 e. The van der Waals surface area contributed by atoms with Crippen LogP contribution in [0.1, 0.15) is 97.3 Å². The molecule has 0 heterocycles. The van der Waals surface area contributed by atoms with Gasteiger partial charge in [0.2, 0.25) is 0 Å². The Morgan fingerprint density at radius 2 is 1.06 bits per heavy atom. The van der Waals surface area contributed by atoms with Gasteiger partial charge in [0, 0.05) is 0 Å². The quantitative estimate of drug-likeness (QED) is 0.305. The van der Waals surface area contributed by atoms with Crippen molar-refractivity contribution >= 4 is 0 Å². The van der Waals surface area contributed by atoms with E-state index in [2.05, 4.69) is 13.8 Å². The van der Waals surface area contributed by atoms with Crippen LogP contribution in [0.25, 0.3) is 0 Å². The molecule has 110 valence electrons. The largest absolute Gasteiger partial charge is 0.251 e. The molecule has 0 amide bonds. The van der Waals surface area contributed by atoms with E-state index in [1.807, 2.05) is 0 Å². The molecule has 0 aromatic carbocycles. The monoisotopic (exact) mass is 258 g/mol. The van der Waals surface area contributed by atoms with E-state index in [1.165, 1.54) is 77.0 Å². The summed E-state index contributed by atoms with van der Waals surface area (Å²) in [5.41, 5.74) is 0. The molecule has 0 unspecified atom stereocenters. The predicted octanol–water partition coefficient (Wildman–Crippen LogP) is 6.68. The average Bonchev–Trinajstić information content (AvgIpc) is 2.38. The van der Waals surface area contributed by atoms with Crippen LogP contribution in [-0.4, -0.2) is 6.67 Å². The number of hydrogen-bond acceptors (Lipinski definition) is 0. The van der Waals surface area contributed by atoms with Gasteiger partial charge in [-0.1, -0.05) is 90.9 Å². The van der Waals surface area contributed by atoms with E-state index in [9.17, 15) is 4.39 Å². The molecule has 0 aromatic rings. The lowest BCUT2D eigenvalue weighted by Gasteiger charge is -2.15. The van der Waals surface area contributed by atoms with Gasteiger partial charge in [0.25, 0.3) is 0 Å². The Hall–Kier alpha value is -0.0700. The Labute approximate surface area is 115 Å². The topological polar surface area (TPSA) is 0 Å². The zero-order valence-electron chi connectivity index (χ0n) is 12.9. The standard InChI is InChI=1S/C17H35F/c1-3-5-7-9-11-13-17(15-16-18)14-12-10-8-6-4-2/h17H,3-16H2,1-2H3. The van der Waals surface area contributed by atoms with Gasteiger partial charge in [-0.2, -0.15) is 0 Å². The minimum absolute atomic E-state index is 0.116. The van der Waals surface area contributed by atoms with Gasteiger partial charge in [-0.05, 0) is 12.3 Å². The zero-order chi connectivity index (χ0) is 13.5. The number of alkyl halides is 1. The second-order valence-corrected chi connectivity index (χ2v) is 5.75. The summed E-state index contributed by atoms with van der Waals surface area (Å²) in [5.74, 6) is 0.665. The molecule has 0 aromatic heterocycles. The van der Waals surface area contributed by atoms with Crippen LogP contribution in [0.5, 0.6) is 0 Å². The molecule has 0 saturated heterocycles. The molecule has 0 atom stereocenters. The first-order valence-corrected chi connectivity index (χ1v) is 8.41. The Morgan fingerprint density at radius 3 is 1.44 bits per heavy atom. The lowest BCUT2D eigenvalue weighted by atomic mass is 9.92. The number of unbranched alkanes of at least 4 members (excludes halogenated alkanes) is 8. The summed E-state index contributed by atoms with van der Waals surface area (Å²) >= 11 is 0. The summed E-state index contributed by atoms with van der Waals surface area (Å²) < 4.78 is 12.5.